The molecule has 3 N–H and O–H groups in total. The number of ether oxygens (including phenoxy) is 1. The van der Waals surface area contributed by atoms with E-state index >= 15 is 0 Å². The maximum Gasteiger partial charge on any atom is 0.267 e. The van der Waals surface area contributed by atoms with Crippen LogP contribution in [0.2, 0.25) is 0 Å². The van der Waals surface area contributed by atoms with E-state index in [1.165, 1.54) is 13.8 Å². The molecule has 7 heteroatoms. The standard InChI is InChI=1S/C20H24N2O5/c1-10(2)14-8-6-7-9-15(14)26-13(5)19(25)22-20-17(18(21)24)16(11(3)23)12(4)27-20/h6-10,13H,1-5H3,(H2,21,24)(H,22,25). The molecule has 1 atom stereocenters. The number of ketones is 1. The molecular formula is C20H24N2O5. The van der Waals surface area contributed by atoms with Gasteiger partial charge in [0.05, 0.1) is 5.56 Å². The Morgan fingerprint density at radius 3 is 2.30 bits per heavy atom. The van der Waals surface area contributed by atoms with Crippen LogP contribution in [-0.4, -0.2) is 23.7 Å². The molecule has 1 heterocycles. The zero-order chi connectivity index (χ0) is 20.3. The summed E-state index contributed by atoms with van der Waals surface area (Å²) in [6.45, 7) is 8.46. The number of Topliss-reactive ketones (excluding diaryl/α,β-unsaturated/α-hetero) is 1. The lowest BCUT2D eigenvalue weighted by Crippen LogP contribution is -2.31. The molecule has 2 aromatic rings. The van der Waals surface area contributed by atoms with E-state index in [2.05, 4.69) is 5.32 Å². The van der Waals surface area contributed by atoms with Crippen molar-refractivity contribution < 1.29 is 23.5 Å². The van der Waals surface area contributed by atoms with Gasteiger partial charge in [0.1, 0.15) is 17.1 Å². The van der Waals surface area contributed by atoms with E-state index in [0.717, 1.165) is 5.56 Å². The second-order valence-corrected chi connectivity index (χ2v) is 6.60. The van der Waals surface area contributed by atoms with Crippen molar-refractivity contribution in [2.45, 2.75) is 46.6 Å². The fourth-order valence-electron chi connectivity index (χ4n) is 2.81. The number of rotatable bonds is 7. The van der Waals surface area contributed by atoms with Crippen molar-refractivity contribution in [3.63, 3.8) is 0 Å². The maximum absolute atomic E-state index is 12.5. The van der Waals surface area contributed by atoms with E-state index in [4.69, 9.17) is 14.9 Å². The fourth-order valence-corrected chi connectivity index (χ4v) is 2.81. The Balaban J connectivity index is 2.24. The number of benzene rings is 1. The molecule has 0 saturated heterocycles. The minimum absolute atomic E-state index is 0.0662. The van der Waals surface area contributed by atoms with Crippen LogP contribution in [0, 0.1) is 6.92 Å². The zero-order valence-corrected chi connectivity index (χ0v) is 16.1. The quantitative estimate of drug-likeness (QED) is 0.723. The number of amides is 2. The van der Waals surface area contributed by atoms with Crippen LogP contribution in [0.5, 0.6) is 5.75 Å². The van der Waals surface area contributed by atoms with Gasteiger partial charge in [-0.15, -0.1) is 0 Å². The summed E-state index contributed by atoms with van der Waals surface area (Å²) < 4.78 is 11.2. The Labute approximate surface area is 157 Å². The van der Waals surface area contributed by atoms with Crippen LogP contribution in [0.4, 0.5) is 5.88 Å². The predicted octanol–water partition coefficient (Wildman–Crippen LogP) is 3.42. The lowest BCUT2D eigenvalue weighted by molar-refractivity contribution is -0.122. The number of hydrogen-bond acceptors (Lipinski definition) is 5. The molecule has 1 aromatic carbocycles. The molecule has 0 spiro atoms. The average molecular weight is 372 g/mol. The van der Waals surface area contributed by atoms with E-state index in [9.17, 15) is 14.4 Å². The first-order valence-corrected chi connectivity index (χ1v) is 8.64. The van der Waals surface area contributed by atoms with E-state index in [1.807, 2.05) is 32.0 Å². The summed E-state index contributed by atoms with van der Waals surface area (Å²) in [7, 11) is 0. The van der Waals surface area contributed by atoms with Gasteiger partial charge in [0.25, 0.3) is 11.8 Å². The molecule has 0 fully saturated rings. The second-order valence-electron chi connectivity index (χ2n) is 6.60. The number of para-hydroxylation sites is 1. The van der Waals surface area contributed by atoms with Crippen molar-refractivity contribution >= 4 is 23.5 Å². The number of carbonyl (C=O) groups excluding carboxylic acids is 3. The summed E-state index contributed by atoms with van der Waals surface area (Å²) in [5.41, 5.74) is 6.27. The topological polar surface area (TPSA) is 112 Å². The van der Waals surface area contributed by atoms with Crippen LogP contribution in [-0.2, 0) is 4.79 Å². The molecule has 1 unspecified atom stereocenters. The smallest absolute Gasteiger partial charge is 0.267 e. The van der Waals surface area contributed by atoms with Crippen LogP contribution in [0.3, 0.4) is 0 Å². The number of nitrogens with two attached hydrogens (primary N) is 1. The molecule has 7 nitrogen and oxygen atoms in total. The molecule has 0 aliphatic rings. The molecule has 144 valence electrons. The minimum atomic E-state index is -0.864. The van der Waals surface area contributed by atoms with Gasteiger partial charge in [0.2, 0.25) is 5.88 Å². The molecule has 0 aliphatic carbocycles. The molecule has 0 aliphatic heterocycles. The lowest BCUT2D eigenvalue weighted by atomic mass is 10.0. The Morgan fingerprint density at radius 1 is 1.11 bits per heavy atom. The first-order valence-electron chi connectivity index (χ1n) is 8.64. The van der Waals surface area contributed by atoms with Gasteiger partial charge in [-0.3, -0.25) is 19.7 Å². The van der Waals surface area contributed by atoms with Crippen LogP contribution < -0.4 is 15.8 Å². The van der Waals surface area contributed by atoms with Gasteiger partial charge in [-0.25, -0.2) is 0 Å². The van der Waals surface area contributed by atoms with Crippen molar-refractivity contribution in [2.24, 2.45) is 5.73 Å². The molecule has 1 aromatic heterocycles. The largest absolute Gasteiger partial charge is 0.481 e. The number of anilines is 1. The molecule has 2 amide bonds. The molecule has 27 heavy (non-hydrogen) atoms. The number of carbonyl (C=O) groups is 3. The highest BCUT2D eigenvalue weighted by atomic mass is 16.5. The van der Waals surface area contributed by atoms with Gasteiger partial charge in [-0.1, -0.05) is 32.0 Å². The average Bonchev–Trinajstić information content (AvgIpc) is 2.91. The monoisotopic (exact) mass is 372 g/mol. The first-order chi connectivity index (χ1) is 12.6. The lowest BCUT2D eigenvalue weighted by Gasteiger charge is -2.18. The van der Waals surface area contributed by atoms with Crippen LogP contribution in [0.25, 0.3) is 0 Å². The summed E-state index contributed by atoms with van der Waals surface area (Å²) in [5, 5.41) is 2.49. The van der Waals surface area contributed by atoms with Crippen molar-refractivity contribution in [3.05, 3.63) is 46.7 Å². The number of nitrogens with one attached hydrogen (secondary N) is 1. The summed E-state index contributed by atoms with van der Waals surface area (Å²) >= 11 is 0. The van der Waals surface area contributed by atoms with Gasteiger partial charge < -0.3 is 14.9 Å². The number of furan rings is 1. The van der Waals surface area contributed by atoms with Crippen molar-refractivity contribution in [3.8, 4) is 5.75 Å². The Morgan fingerprint density at radius 2 is 1.74 bits per heavy atom. The number of aryl methyl sites for hydroxylation is 1. The van der Waals surface area contributed by atoms with Gasteiger partial charge in [0, 0.05) is 0 Å². The van der Waals surface area contributed by atoms with Crippen LogP contribution in [0.1, 0.15) is 65.7 Å². The van der Waals surface area contributed by atoms with Crippen LogP contribution >= 0.6 is 0 Å². The first kappa shape index (κ1) is 20.2. The van der Waals surface area contributed by atoms with Crippen molar-refractivity contribution in [1.82, 2.24) is 0 Å². The molecule has 0 saturated carbocycles. The minimum Gasteiger partial charge on any atom is -0.481 e. The van der Waals surface area contributed by atoms with Crippen LogP contribution in [0.15, 0.2) is 28.7 Å². The third-order valence-corrected chi connectivity index (χ3v) is 4.13. The van der Waals surface area contributed by atoms with Gasteiger partial charge >= 0.3 is 0 Å². The highest BCUT2D eigenvalue weighted by Crippen LogP contribution is 2.29. The highest BCUT2D eigenvalue weighted by Gasteiger charge is 2.28. The highest BCUT2D eigenvalue weighted by molar-refractivity contribution is 6.12. The van der Waals surface area contributed by atoms with E-state index in [-0.39, 0.29) is 34.5 Å². The predicted molar refractivity (Wildman–Crippen MR) is 101 cm³/mol. The number of primary amides is 1. The Bertz CT molecular complexity index is 882. The summed E-state index contributed by atoms with van der Waals surface area (Å²) in [5.74, 6) is -0.867. The van der Waals surface area contributed by atoms with Gasteiger partial charge in [-0.05, 0) is 38.3 Å². The van der Waals surface area contributed by atoms with Gasteiger partial charge in [-0.2, -0.15) is 0 Å². The zero-order valence-electron chi connectivity index (χ0n) is 16.1. The molecule has 0 radical (unpaired) electrons. The van der Waals surface area contributed by atoms with Crippen molar-refractivity contribution in [1.29, 1.82) is 0 Å². The third kappa shape index (κ3) is 4.36. The molecular weight excluding hydrogens is 348 g/mol. The Hall–Kier alpha value is -3.09. The fraction of sp³-hybridized carbons (Fsp3) is 0.350. The summed E-state index contributed by atoms with van der Waals surface area (Å²) in [4.78, 5) is 36.0. The van der Waals surface area contributed by atoms with Crippen molar-refractivity contribution in [2.75, 3.05) is 5.32 Å². The van der Waals surface area contributed by atoms with E-state index in [1.54, 1.807) is 13.0 Å². The summed E-state index contributed by atoms with van der Waals surface area (Å²) in [6, 6.07) is 7.46. The normalized spacial score (nSPS) is 11.9. The Kier molecular flexibility index (Phi) is 6.05. The molecule has 0 bridgehead atoms. The maximum atomic E-state index is 12.5. The second kappa shape index (κ2) is 8.07. The van der Waals surface area contributed by atoms with Gasteiger partial charge in [0.15, 0.2) is 11.9 Å². The van der Waals surface area contributed by atoms with E-state index in [0.29, 0.717) is 5.75 Å². The molecule has 2 rings (SSSR count). The van der Waals surface area contributed by atoms with E-state index < -0.39 is 17.9 Å². The SMILES string of the molecule is CC(=O)c1c(C)oc(NC(=O)C(C)Oc2ccccc2C(C)C)c1C(N)=O. The number of hydrogen-bond donors (Lipinski definition) is 2. The summed E-state index contributed by atoms with van der Waals surface area (Å²) in [6.07, 6.45) is -0.864. The third-order valence-electron chi connectivity index (χ3n) is 4.13.